The third-order valence-corrected chi connectivity index (χ3v) is 5.69. The topological polar surface area (TPSA) is 81.5 Å². The summed E-state index contributed by atoms with van der Waals surface area (Å²) in [4.78, 5) is 26.3. The molecule has 0 bridgehead atoms. The lowest BCUT2D eigenvalue weighted by molar-refractivity contribution is -0.122. The first-order valence-electron chi connectivity index (χ1n) is 9.37. The summed E-state index contributed by atoms with van der Waals surface area (Å²) >= 11 is 1.58. The average molecular weight is 398 g/mol. The number of thiophene rings is 1. The Hall–Kier alpha value is -2.87. The summed E-state index contributed by atoms with van der Waals surface area (Å²) in [6.45, 7) is 3.85. The lowest BCUT2D eigenvalue weighted by Gasteiger charge is -2.14. The summed E-state index contributed by atoms with van der Waals surface area (Å²) in [5, 5.41) is 10.4. The van der Waals surface area contributed by atoms with Crippen LogP contribution in [0.1, 0.15) is 31.9 Å². The van der Waals surface area contributed by atoms with Gasteiger partial charge in [-0.25, -0.2) is 4.68 Å². The van der Waals surface area contributed by atoms with Crippen LogP contribution in [0.3, 0.4) is 0 Å². The first-order valence-corrected chi connectivity index (χ1v) is 10.2. The number of hydrogen-bond acceptors (Lipinski definition) is 5. The van der Waals surface area contributed by atoms with Crippen molar-refractivity contribution in [1.29, 1.82) is 0 Å². The van der Waals surface area contributed by atoms with Gasteiger partial charge in [0.05, 0.1) is 6.26 Å². The molecule has 1 unspecified atom stereocenters. The second kappa shape index (κ2) is 7.63. The molecule has 28 heavy (non-hydrogen) atoms. The fraction of sp³-hybridized carbons (Fsp3) is 0.350. The number of carbonyl (C=O) groups is 1. The van der Waals surface area contributed by atoms with E-state index in [0.717, 1.165) is 34.6 Å². The Bertz CT molecular complexity index is 1170. The minimum atomic E-state index is -0.251. The number of furan rings is 1. The molecule has 0 aliphatic rings. The molecule has 0 saturated carbocycles. The monoisotopic (exact) mass is 398 g/mol. The van der Waals surface area contributed by atoms with Crippen LogP contribution < -0.4 is 10.9 Å². The normalized spacial score (nSPS) is 12.6. The van der Waals surface area contributed by atoms with E-state index < -0.39 is 0 Å². The summed E-state index contributed by atoms with van der Waals surface area (Å²) in [5.74, 6) is 1.44. The van der Waals surface area contributed by atoms with Crippen LogP contribution in [0.2, 0.25) is 0 Å². The van der Waals surface area contributed by atoms with Gasteiger partial charge < -0.3 is 9.73 Å². The predicted octanol–water partition coefficient (Wildman–Crippen LogP) is 3.00. The van der Waals surface area contributed by atoms with Gasteiger partial charge in [-0.05, 0) is 43.0 Å². The van der Waals surface area contributed by atoms with Crippen LogP contribution in [0.15, 0.2) is 45.1 Å². The first-order chi connectivity index (χ1) is 13.6. The lowest BCUT2D eigenvalue weighted by Crippen LogP contribution is -2.39. The van der Waals surface area contributed by atoms with Crippen molar-refractivity contribution in [3.63, 3.8) is 0 Å². The molecule has 0 spiro atoms. The van der Waals surface area contributed by atoms with Crippen molar-refractivity contribution < 1.29 is 9.21 Å². The quantitative estimate of drug-likeness (QED) is 0.519. The van der Waals surface area contributed by atoms with E-state index in [2.05, 4.69) is 10.4 Å². The Labute approximate surface area is 165 Å². The van der Waals surface area contributed by atoms with Gasteiger partial charge in [-0.1, -0.05) is 6.92 Å². The molecule has 4 rings (SSSR count). The number of nitrogens with zero attached hydrogens (tertiary/aromatic N) is 3. The summed E-state index contributed by atoms with van der Waals surface area (Å²) in [5.41, 5.74) is 0.311. The van der Waals surface area contributed by atoms with Gasteiger partial charge in [-0.15, -0.1) is 11.3 Å². The third kappa shape index (κ3) is 3.47. The van der Waals surface area contributed by atoms with Crippen LogP contribution in [-0.4, -0.2) is 26.1 Å². The first kappa shape index (κ1) is 18.5. The van der Waals surface area contributed by atoms with E-state index in [9.17, 15) is 9.59 Å². The molecular formula is C20H22N4O3S. The van der Waals surface area contributed by atoms with E-state index >= 15 is 0 Å². The molecule has 4 aromatic rings. The van der Waals surface area contributed by atoms with Crippen molar-refractivity contribution in [1.82, 2.24) is 19.5 Å². The van der Waals surface area contributed by atoms with E-state index in [-0.39, 0.29) is 24.1 Å². The van der Waals surface area contributed by atoms with E-state index in [4.69, 9.17) is 4.42 Å². The van der Waals surface area contributed by atoms with Crippen molar-refractivity contribution >= 4 is 33.0 Å². The second-order valence-electron chi connectivity index (χ2n) is 6.87. The number of rotatable bonds is 7. The zero-order chi connectivity index (χ0) is 19.7. The van der Waals surface area contributed by atoms with Crippen LogP contribution in [0.5, 0.6) is 0 Å². The maximum absolute atomic E-state index is 12.9. The molecule has 0 aromatic carbocycles. The van der Waals surface area contributed by atoms with Gasteiger partial charge in [0, 0.05) is 24.3 Å². The third-order valence-electron chi connectivity index (χ3n) is 4.78. The zero-order valence-electron chi connectivity index (χ0n) is 15.8. The molecule has 0 aliphatic heterocycles. The highest BCUT2D eigenvalue weighted by atomic mass is 32.1. The Morgan fingerprint density at radius 3 is 3.00 bits per heavy atom. The van der Waals surface area contributed by atoms with Gasteiger partial charge in [0.25, 0.3) is 5.56 Å². The van der Waals surface area contributed by atoms with E-state index in [1.54, 1.807) is 17.6 Å². The molecule has 0 fully saturated rings. The minimum absolute atomic E-state index is 0.0266. The van der Waals surface area contributed by atoms with Gasteiger partial charge in [0.1, 0.15) is 28.5 Å². The van der Waals surface area contributed by atoms with Gasteiger partial charge in [0.15, 0.2) is 0 Å². The summed E-state index contributed by atoms with van der Waals surface area (Å²) in [7, 11) is 0. The van der Waals surface area contributed by atoms with Crippen LogP contribution >= 0.6 is 11.3 Å². The number of aryl methyl sites for hydroxylation is 2. The van der Waals surface area contributed by atoms with E-state index in [1.807, 2.05) is 47.9 Å². The van der Waals surface area contributed by atoms with Crippen molar-refractivity contribution in [2.45, 2.75) is 45.7 Å². The Kier molecular flexibility index (Phi) is 5.04. The van der Waals surface area contributed by atoms with Crippen LogP contribution in [0, 0.1) is 0 Å². The van der Waals surface area contributed by atoms with E-state index in [0.29, 0.717) is 11.9 Å². The number of hydrogen-bond donors (Lipinski definition) is 1. The molecule has 4 heterocycles. The van der Waals surface area contributed by atoms with Gasteiger partial charge in [-0.3, -0.25) is 14.0 Å². The molecule has 1 N–H and O–H groups in total. The molecule has 0 radical (unpaired) electrons. The second-order valence-corrected chi connectivity index (χ2v) is 7.76. The van der Waals surface area contributed by atoms with Crippen molar-refractivity contribution in [3.05, 3.63) is 57.8 Å². The lowest BCUT2D eigenvalue weighted by atomic mass is 10.1. The van der Waals surface area contributed by atoms with E-state index in [1.165, 1.54) is 4.68 Å². The van der Waals surface area contributed by atoms with Crippen molar-refractivity contribution in [3.8, 4) is 0 Å². The number of amides is 1. The van der Waals surface area contributed by atoms with Gasteiger partial charge >= 0.3 is 0 Å². The molecule has 0 saturated heterocycles. The molecule has 1 atom stereocenters. The number of aromatic nitrogens is 3. The highest BCUT2D eigenvalue weighted by Gasteiger charge is 2.16. The molecule has 1 amide bonds. The van der Waals surface area contributed by atoms with Crippen molar-refractivity contribution in [2.24, 2.45) is 0 Å². The Balaban J connectivity index is 1.51. The standard InChI is InChI=1S/C20H22N4O3S/c1-3-17-22-23(19(26)16-11-14-8-10-28-20(14)24(16)17)12-18(25)21-13(2)6-7-15-5-4-9-27-15/h4-5,8-11,13H,3,6-7,12H2,1-2H3,(H,21,25). The van der Waals surface area contributed by atoms with Crippen LogP contribution in [0.4, 0.5) is 0 Å². The minimum Gasteiger partial charge on any atom is -0.469 e. The smallest absolute Gasteiger partial charge is 0.291 e. The van der Waals surface area contributed by atoms with Crippen LogP contribution in [0.25, 0.3) is 15.7 Å². The molecule has 146 valence electrons. The van der Waals surface area contributed by atoms with Gasteiger partial charge in [0.2, 0.25) is 5.91 Å². The molecule has 8 heteroatoms. The molecule has 7 nitrogen and oxygen atoms in total. The van der Waals surface area contributed by atoms with Crippen LogP contribution in [-0.2, 0) is 24.2 Å². The van der Waals surface area contributed by atoms with Crippen molar-refractivity contribution in [2.75, 3.05) is 0 Å². The predicted molar refractivity (Wildman–Crippen MR) is 109 cm³/mol. The SMILES string of the molecule is CCc1nn(CC(=O)NC(C)CCc2ccco2)c(=O)c2cc3ccsc3n12. The molecular weight excluding hydrogens is 376 g/mol. The fourth-order valence-corrected chi connectivity index (χ4v) is 4.29. The summed E-state index contributed by atoms with van der Waals surface area (Å²) in [6, 6.07) is 7.60. The molecule has 0 aliphatic carbocycles. The average Bonchev–Trinajstić information content (AvgIpc) is 3.39. The molecule has 4 aromatic heterocycles. The number of fused-ring (bicyclic) bond motifs is 3. The number of nitrogens with one attached hydrogen (secondary N) is 1. The Morgan fingerprint density at radius 2 is 2.25 bits per heavy atom. The van der Waals surface area contributed by atoms with Gasteiger partial charge in [-0.2, -0.15) is 5.10 Å². The summed E-state index contributed by atoms with van der Waals surface area (Å²) < 4.78 is 8.49. The Morgan fingerprint density at radius 1 is 1.39 bits per heavy atom. The zero-order valence-corrected chi connectivity index (χ0v) is 16.7. The largest absolute Gasteiger partial charge is 0.469 e. The maximum atomic E-state index is 12.9. The summed E-state index contributed by atoms with van der Waals surface area (Å²) in [6.07, 6.45) is 3.82. The fourth-order valence-electron chi connectivity index (χ4n) is 3.38. The highest BCUT2D eigenvalue weighted by molar-refractivity contribution is 7.16. The number of carbonyl (C=O) groups excluding carboxylic acids is 1. The maximum Gasteiger partial charge on any atom is 0.291 e. The highest BCUT2D eigenvalue weighted by Crippen LogP contribution is 2.24.